The van der Waals surface area contributed by atoms with Crippen molar-refractivity contribution in [2.45, 2.75) is 13.0 Å². The molecule has 8 heteroatoms. The first-order valence-electron chi connectivity index (χ1n) is 5.57. The van der Waals surface area contributed by atoms with Gasteiger partial charge in [-0.25, -0.2) is 4.98 Å². The van der Waals surface area contributed by atoms with Gasteiger partial charge in [-0.2, -0.15) is 0 Å². The Morgan fingerprint density at radius 3 is 2.84 bits per heavy atom. The van der Waals surface area contributed by atoms with Gasteiger partial charge in [-0.15, -0.1) is 0 Å². The molecule has 2 rings (SSSR count). The number of aryl methyl sites for hydroxylation is 1. The van der Waals surface area contributed by atoms with Crippen LogP contribution in [-0.4, -0.2) is 45.3 Å². The fourth-order valence-electron chi connectivity index (χ4n) is 1.73. The van der Waals surface area contributed by atoms with Gasteiger partial charge in [0, 0.05) is 0 Å². The van der Waals surface area contributed by atoms with Crippen LogP contribution in [-0.2, 0) is 0 Å². The number of aliphatic hydroxyl groups excluding tert-OH is 2. The highest BCUT2D eigenvalue weighted by Crippen LogP contribution is 2.20. The van der Waals surface area contributed by atoms with Crippen molar-refractivity contribution in [2.24, 2.45) is 0 Å². The maximum Gasteiger partial charge on any atom is 0.262 e. The second-order valence-corrected chi connectivity index (χ2v) is 3.98. The van der Waals surface area contributed by atoms with E-state index in [0.29, 0.717) is 0 Å². The summed E-state index contributed by atoms with van der Waals surface area (Å²) in [6, 6.07) is -0.799. The van der Waals surface area contributed by atoms with Gasteiger partial charge in [-0.05, 0) is 6.92 Å². The first-order valence-corrected chi connectivity index (χ1v) is 5.57. The topological polar surface area (TPSA) is 128 Å². The van der Waals surface area contributed by atoms with Crippen molar-refractivity contribution >= 4 is 17.0 Å². The van der Waals surface area contributed by atoms with Crippen molar-refractivity contribution in [3.05, 3.63) is 28.0 Å². The summed E-state index contributed by atoms with van der Waals surface area (Å²) in [6.45, 7) is 0.709. The van der Waals surface area contributed by atoms with Crippen molar-refractivity contribution in [1.82, 2.24) is 15.3 Å². The molecule has 8 nitrogen and oxygen atoms in total. The van der Waals surface area contributed by atoms with Crippen LogP contribution >= 0.6 is 0 Å². The molecule has 0 spiro atoms. The first-order chi connectivity index (χ1) is 9.08. The van der Waals surface area contributed by atoms with Crippen LogP contribution in [0.4, 0.5) is 0 Å². The minimum Gasteiger partial charge on any atom is -0.442 e. The van der Waals surface area contributed by atoms with Gasteiger partial charge in [0.15, 0.2) is 0 Å². The van der Waals surface area contributed by atoms with E-state index in [1.54, 1.807) is 0 Å². The number of fused-ring (bicyclic) bond motifs is 1. The van der Waals surface area contributed by atoms with Crippen LogP contribution < -0.4 is 10.9 Å². The monoisotopic (exact) mass is 267 g/mol. The standard InChI is InChI=1S/C11H13N3O5/c1-5-7(10(18)14-6(2-15)3-16)8-9(17)12-4-13-11(8)19-5/h4,6,15-16H,2-3H2,1H3,(H,14,18)(H,12,13,17). The summed E-state index contributed by atoms with van der Waals surface area (Å²) in [5.74, 6) is -0.367. The zero-order valence-corrected chi connectivity index (χ0v) is 10.1. The molecule has 0 aliphatic carbocycles. The number of aromatic nitrogens is 2. The van der Waals surface area contributed by atoms with Crippen molar-refractivity contribution in [2.75, 3.05) is 13.2 Å². The van der Waals surface area contributed by atoms with Gasteiger partial charge in [0.25, 0.3) is 11.5 Å². The maximum atomic E-state index is 12.0. The zero-order valence-electron chi connectivity index (χ0n) is 10.1. The Labute approximate surface area is 107 Å². The average molecular weight is 267 g/mol. The van der Waals surface area contributed by atoms with E-state index in [2.05, 4.69) is 15.3 Å². The lowest BCUT2D eigenvalue weighted by Gasteiger charge is -2.12. The van der Waals surface area contributed by atoms with Crippen LogP contribution in [0.1, 0.15) is 16.1 Å². The minimum atomic E-state index is -0.799. The molecule has 0 fully saturated rings. The molecule has 0 aliphatic rings. The number of furan rings is 1. The highest BCUT2D eigenvalue weighted by molar-refractivity contribution is 6.06. The molecule has 19 heavy (non-hydrogen) atoms. The molecule has 102 valence electrons. The third kappa shape index (κ3) is 2.35. The molecule has 0 aromatic carbocycles. The summed E-state index contributed by atoms with van der Waals surface area (Å²) in [4.78, 5) is 29.9. The van der Waals surface area contributed by atoms with E-state index in [-0.39, 0.29) is 22.4 Å². The lowest BCUT2D eigenvalue weighted by Crippen LogP contribution is -2.40. The van der Waals surface area contributed by atoms with Crippen LogP contribution in [0.2, 0.25) is 0 Å². The maximum absolute atomic E-state index is 12.0. The van der Waals surface area contributed by atoms with Gasteiger partial charge in [-0.1, -0.05) is 0 Å². The van der Waals surface area contributed by atoms with E-state index in [9.17, 15) is 9.59 Å². The molecule has 0 atom stereocenters. The molecule has 2 aromatic rings. The van der Waals surface area contributed by atoms with Crippen molar-refractivity contribution in [3.63, 3.8) is 0 Å². The number of carbonyl (C=O) groups excluding carboxylic acids is 1. The van der Waals surface area contributed by atoms with E-state index in [0.717, 1.165) is 0 Å². The Morgan fingerprint density at radius 2 is 2.21 bits per heavy atom. The number of nitrogens with one attached hydrogen (secondary N) is 2. The van der Waals surface area contributed by atoms with Crippen LogP contribution in [0.5, 0.6) is 0 Å². The summed E-state index contributed by atoms with van der Waals surface area (Å²) < 4.78 is 5.23. The third-order valence-electron chi connectivity index (χ3n) is 2.67. The first kappa shape index (κ1) is 13.2. The molecule has 0 saturated heterocycles. The van der Waals surface area contributed by atoms with Crippen LogP contribution in [0.25, 0.3) is 11.1 Å². The predicted molar refractivity (Wildman–Crippen MR) is 64.8 cm³/mol. The lowest BCUT2D eigenvalue weighted by molar-refractivity contribution is 0.0879. The number of carbonyl (C=O) groups is 1. The summed E-state index contributed by atoms with van der Waals surface area (Å²) in [6.07, 6.45) is 1.18. The second kappa shape index (κ2) is 5.21. The van der Waals surface area contributed by atoms with E-state index in [1.807, 2.05) is 0 Å². The van der Waals surface area contributed by atoms with Crippen molar-refractivity contribution in [1.29, 1.82) is 0 Å². The molecule has 2 aromatic heterocycles. The molecule has 0 saturated carbocycles. The number of H-pyrrole nitrogens is 1. The molecule has 4 N–H and O–H groups in total. The number of rotatable bonds is 4. The Kier molecular flexibility index (Phi) is 3.63. The van der Waals surface area contributed by atoms with Crippen molar-refractivity contribution in [3.8, 4) is 0 Å². The second-order valence-electron chi connectivity index (χ2n) is 3.98. The highest BCUT2D eigenvalue weighted by Gasteiger charge is 2.23. The van der Waals surface area contributed by atoms with Gasteiger partial charge in [0.2, 0.25) is 5.71 Å². The third-order valence-corrected chi connectivity index (χ3v) is 2.67. The quantitative estimate of drug-likeness (QED) is 0.557. The Morgan fingerprint density at radius 1 is 1.53 bits per heavy atom. The Hall–Kier alpha value is -2.19. The summed E-state index contributed by atoms with van der Waals surface area (Å²) in [5.41, 5.74) is -0.372. The predicted octanol–water partition coefficient (Wildman–Crippen LogP) is -1.09. The Balaban J connectivity index is 2.47. The summed E-state index contributed by atoms with van der Waals surface area (Å²) >= 11 is 0. The Bertz CT molecular complexity index is 656. The van der Waals surface area contributed by atoms with E-state index >= 15 is 0 Å². The number of aliphatic hydroxyl groups is 2. The van der Waals surface area contributed by atoms with Crippen LogP contribution in [0.15, 0.2) is 15.5 Å². The van der Waals surface area contributed by atoms with E-state index < -0.39 is 30.7 Å². The molecular formula is C11H13N3O5. The summed E-state index contributed by atoms with van der Waals surface area (Å²) in [5, 5.41) is 20.3. The van der Waals surface area contributed by atoms with Gasteiger partial charge >= 0.3 is 0 Å². The minimum absolute atomic E-state index is 0.0483. The number of hydrogen-bond acceptors (Lipinski definition) is 6. The van der Waals surface area contributed by atoms with Crippen LogP contribution in [0.3, 0.4) is 0 Å². The molecule has 0 bridgehead atoms. The van der Waals surface area contributed by atoms with Gasteiger partial charge < -0.3 is 24.9 Å². The normalized spacial score (nSPS) is 11.2. The smallest absolute Gasteiger partial charge is 0.262 e. The molecule has 0 radical (unpaired) electrons. The van der Waals surface area contributed by atoms with Gasteiger partial charge in [0.05, 0.1) is 31.1 Å². The number of nitrogens with zero attached hydrogens (tertiary/aromatic N) is 1. The van der Waals surface area contributed by atoms with E-state index in [4.69, 9.17) is 14.6 Å². The fraction of sp³-hybridized carbons (Fsp3) is 0.364. The number of aromatic amines is 1. The molecule has 0 aliphatic heterocycles. The molecule has 1 amide bonds. The molecular weight excluding hydrogens is 254 g/mol. The fourth-order valence-corrected chi connectivity index (χ4v) is 1.73. The average Bonchev–Trinajstić information content (AvgIpc) is 2.73. The van der Waals surface area contributed by atoms with Crippen molar-refractivity contribution < 1.29 is 19.4 Å². The number of hydrogen-bond donors (Lipinski definition) is 4. The highest BCUT2D eigenvalue weighted by atomic mass is 16.3. The summed E-state index contributed by atoms with van der Waals surface area (Å²) in [7, 11) is 0. The SMILES string of the molecule is Cc1oc2nc[nH]c(=O)c2c1C(=O)NC(CO)CO. The molecule has 0 unspecified atom stereocenters. The molecule has 2 heterocycles. The number of amides is 1. The largest absolute Gasteiger partial charge is 0.442 e. The van der Waals surface area contributed by atoms with Crippen LogP contribution in [0, 0.1) is 6.92 Å². The van der Waals surface area contributed by atoms with E-state index in [1.165, 1.54) is 13.3 Å². The van der Waals surface area contributed by atoms with Gasteiger partial charge in [0.1, 0.15) is 11.1 Å². The zero-order chi connectivity index (χ0) is 14.0. The van der Waals surface area contributed by atoms with Gasteiger partial charge in [-0.3, -0.25) is 9.59 Å². The lowest BCUT2D eigenvalue weighted by atomic mass is 10.1.